The topological polar surface area (TPSA) is 78.5 Å². The van der Waals surface area contributed by atoms with E-state index in [4.69, 9.17) is 11.6 Å². The van der Waals surface area contributed by atoms with E-state index in [2.05, 4.69) is 10.6 Å². The van der Waals surface area contributed by atoms with Crippen molar-refractivity contribution in [1.82, 2.24) is 15.5 Å². The van der Waals surface area contributed by atoms with Crippen molar-refractivity contribution in [3.05, 3.63) is 70.7 Å². The molecule has 2 N–H and O–H groups in total. The molecular formula is C19H18ClN3O3. The Labute approximate surface area is 156 Å². The third kappa shape index (κ3) is 4.40. The van der Waals surface area contributed by atoms with Crippen LogP contribution in [-0.2, 0) is 16.0 Å². The molecule has 1 atom stereocenters. The van der Waals surface area contributed by atoms with Crippen molar-refractivity contribution < 1.29 is 14.4 Å². The lowest BCUT2D eigenvalue weighted by molar-refractivity contribution is -0.122. The summed E-state index contributed by atoms with van der Waals surface area (Å²) in [6.07, 6.45) is 0.514. The Balaban J connectivity index is 1.73. The molecule has 0 spiro atoms. The van der Waals surface area contributed by atoms with E-state index in [9.17, 15) is 14.4 Å². The SMILES string of the molecule is O=C1CN(CC(=O)N[C@@H](Cc2ccccc2Cl)c2ccccc2)C(=O)N1. The van der Waals surface area contributed by atoms with Crippen molar-refractivity contribution in [1.29, 1.82) is 0 Å². The number of rotatable bonds is 6. The molecule has 2 aromatic carbocycles. The maximum absolute atomic E-state index is 12.4. The van der Waals surface area contributed by atoms with Crippen LogP contribution in [0, 0.1) is 0 Å². The summed E-state index contributed by atoms with van der Waals surface area (Å²) in [4.78, 5) is 36.5. The fourth-order valence-corrected chi connectivity index (χ4v) is 3.06. The molecule has 6 nitrogen and oxygen atoms in total. The van der Waals surface area contributed by atoms with Crippen LogP contribution in [0.4, 0.5) is 4.79 Å². The highest BCUT2D eigenvalue weighted by Gasteiger charge is 2.29. The molecule has 3 rings (SSSR count). The maximum Gasteiger partial charge on any atom is 0.325 e. The van der Waals surface area contributed by atoms with E-state index in [1.165, 1.54) is 4.90 Å². The van der Waals surface area contributed by atoms with Gasteiger partial charge in [0.15, 0.2) is 0 Å². The summed E-state index contributed by atoms with van der Waals surface area (Å²) in [5, 5.41) is 5.73. The van der Waals surface area contributed by atoms with Gasteiger partial charge in [-0.2, -0.15) is 0 Å². The predicted octanol–water partition coefficient (Wildman–Crippen LogP) is 2.29. The first kappa shape index (κ1) is 17.9. The first-order chi connectivity index (χ1) is 12.5. The number of carbonyl (C=O) groups is 3. The lowest BCUT2D eigenvalue weighted by atomic mass is 9.98. The van der Waals surface area contributed by atoms with Crippen LogP contribution in [0.25, 0.3) is 0 Å². The highest BCUT2D eigenvalue weighted by molar-refractivity contribution is 6.31. The van der Waals surface area contributed by atoms with E-state index in [1.54, 1.807) is 6.07 Å². The molecule has 0 aliphatic carbocycles. The number of urea groups is 1. The van der Waals surface area contributed by atoms with Crippen molar-refractivity contribution in [3.63, 3.8) is 0 Å². The zero-order valence-electron chi connectivity index (χ0n) is 13.9. The number of nitrogens with zero attached hydrogens (tertiary/aromatic N) is 1. The Morgan fingerprint density at radius 1 is 1.12 bits per heavy atom. The molecular weight excluding hydrogens is 354 g/mol. The molecule has 1 fully saturated rings. The fourth-order valence-electron chi connectivity index (χ4n) is 2.85. The zero-order chi connectivity index (χ0) is 18.5. The molecule has 2 aromatic rings. The van der Waals surface area contributed by atoms with E-state index >= 15 is 0 Å². The molecule has 4 amide bonds. The fraction of sp³-hybridized carbons (Fsp3) is 0.211. The zero-order valence-corrected chi connectivity index (χ0v) is 14.7. The second-order valence-electron chi connectivity index (χ2n) is 6.04. The Morgan fingerprint density at radius 3 is 2.46 bits per heavy atom. The first-order valence-corrected chi connectivity index (χ1v) is 8.57. The summed E-state index contributed by atoms with van der Waals surface area (Å²) >= 11 is 6.25. The van der Waals surface area contributed by atoms with Gasteiger partial charge in [0.05, 0.1) is 6.04 Å². The van der Waals surface area contributed by atoms with Gasteiger partial charge in [0.25, 0.3) is 0 Å². The number of hydrogen-bond acceptors (Lipinski definition) is 3. The van der Waals surface area contributed by atoms with Crippen LogP contribution in [0.2, 0.25) is 5.02 Å². The summed E-state index contributed by atoms with van der Waals surface area (Å²) in [5.74, 6) is -0.741. The molecule has 1 aliphatic heterocycles. The van der Waals surface area contributed by atoms with Crippen LogP contribution in [-0.4, -0.2) is 35.8 Å². The summed E-state index contributed by atoms with van der Waals surface area (Å²) in [6.45, 7) is -0.282. The Bertz CT molecular complexity index is 826. The number of amides is 4. The Hall–Kier alpha value is -2.86. The Kier molecular flexibility index (Phi) is 5.53. The molecule has 0 bridgehead atoms. The van der Waals surface area contributed by atoms with Gasteiger partial charge in [-0.1, -0.05) is 60.1 Å². The normalized spacial score (nSPS) is 14.9. The lowest BCUT2D eigenvalue weighted by Crippen LogP contribution is -2.40. The van der Waals surface area contributed by atoms with Gasteiger partial charge in [-0.25, -0.2) is 4.79 Å². The molecule has 0 radical (unpaired) electrons. The molecule has 7 heteroatoms. The van der Waals surface area contributed by atoms with Crippen molar-refractivity contribution >= 4 is 29.4 Å². The Morgan fingerprint density at radius 2 is 1.81 bits per heavy atom. The largest absolute Gasteiger partial charge is 0.347 e. The second kappa shape index (κ2) is 8.01. The number of hydrogen-bond donors (Lipinski definition) is 2. The van der Waals surface area contributed by atoms with Crippen molar-refractivity contribution in [3.8, 4) is 0 Å². The standard InChI is InChI=1S/C19H18ClN3O3/c20-15-9-5-4-8-14(15)10-16(13-6-2-1-3-7-13)21-17(24)11-23-12-18(25)22-19(23)26/h1-9,16H,10-12H2,(H,21,24)(H,22,25,26)/t16-/m0/s1. The van der Waals surface area contributed by atoms with E-state index in [0.717, 1.165) is 11.1 Å². The number of imide groups is 1. The molecule has 0 aromatic heterocycles. The monoisotopic (exact) mass is 371 g/mol. The summed E-state index contributed by atoms with van der Waals surface area (Å²) in [7, 11) is 0. The van der Waals surface area contributed by atoms with E-state index in [-0.39, 0.29) is 25.0 Å². The minimum absolute atomic E-state index is 0.104. The predicted molar refractivity (Wildman–Crippen MR) is 97.6 cm³/mol. The highest BCUT2D eigenvalue weighted by atomic mass is 35.5. The van der Waals surface area contributed by atoms with E-state index < -0.39 is 11.9 Å². The van der Waals surface area contributed by atoms with Crippen LogP contribution in [0.1, 0.15) is 17.2 Å². The molecule has 1 heterocycles. The second-order valence-corrected chi connectivity index (χ2v) is 6.44. The lowest BCUT2D eigenvalue weighted by Gasteiger charge is -2.21. The van der Waals surface area contributed by atoms with Crippen LogP contribution < -0.4 is 10.6 Å². The molecule has 26 heavy (non-hydrogen) atoms. The van der Waals surface area contributed by atoms with Gasteiger partial charge in [0.1, 0.15) is 13.1 Å². The van der Waals surface area contributed by atoms with Crippen LogP contribution in [0.3, 0.4) is 0 Å². The highest BCUT2D eigenvalue weighted by Crippen LogP contribution is 2.23. The average Bonchev–Trinajstić information content (AvgIpc) is 2.94. The first-order valence-electron chi connectivity index (χ1n) is 8.19. The summed E-state index contributed by atoms with van der Waals surface area (Å²) in [5.41, 5.74) is 1.85. The summed E-state index contributed by atoms with van der Waals surface area (Å²) in [6, 6.07) is 16.2. The van der Waals surface area contributed by atoms with E-state index in [1.807, 2.05) is 48.5 Å². The average molecular weight is 372 g/mol. The van der Waals surface area contributed by atoms with Gasteiger partial charge in [-0.3, -0.25) is 14.9 Å². The van der Waals surface area contributed by atoms with E-state index in [0.29, 0.717) is 11.4 Å². The molecule has 1 aliphatic rings. The van der Waals surface area contributed by atoms with Gasteiger partial charge in [0, 0.05) is 5.02 Å². The minimum Gasteiger partial charge on any atom is -0.347 e. The minimum atomic E-state index is -0.549. The third-order valence-electron chi connectivity index (χ3n) is 4.12. The third-order valence-corrected chi connectivity index (χ3v) is 4.49. The number of halogens is 1. The molecule has 1 saturated heterocycles. The van der Waals surface area contributed by atoms with Crippen molar-refractivity contribution in [2.45, 2.75) is 12.5 Å². The van der Waals surface area contributed by atoms with Crippen molar-refractivity contribution in [2.24, 2.45) is 0 Å². The smallest absolute Gasteiger partial charge is 0.325 e. The number of carbonyl (C=O) groups excluding carboxylic acids is 3. The quantitative estimate of drug-likeness (QED) is 0.765. The van der Waals surface area contributed by atoms with Gasteiger partial charge in [0.2, 0.25) is 11.8 Å². The van der Waals surface area contributed by atoms with Crippen LogP contribution in [0.15, 0.2) is 54.6 Å². The maximum atomic E-state index is 12.4. The van der Waals surface area contributed by atoms with Crippen LogP contribution >= 0.6 is 11.6 Å². The van der Waals surface area contributed by atoms with Gasteiger partial charge in [-0.05, 0) is 23.6 Å². The van der Waals surface area contributed by atoms with Gasteiger partial charge < -0.3 is 10.2 Å². The van der Waals surface area contributed by atoms with Crippen LogP contribution in [0.5, 0.6) is 0 Å². The van der Waals surface area contributed by atoms with Gasteiger partial charge in [-0.15, -0.1) is 0 Å². The van der Waals surface area contributed by atoms with Gasteiger partial charge >= 0.3 is 6.03 Å². The molecule has 134 valence electrons. The number of benzene rings is 2. The molecule has 0 unspecified atom stereocenters. The summed E-state index contributed by atoms with van der Waals surface area (Å²) < 4.78 is 0. The number of nitrogens with one attached hydrogen (secondary N) is 2. The van der Waals surface area contributed by atoms with Crippen molar-refractivity contribution in [2.75, 3.05) is 13.1 Å². The molecule has 0 saturated carbocycles.